The Kier molecular flexibility index (Phi) is 6.62. The molecule has 0 saturated heterocycles. The molecule has 4 heteroatoms. The predicted octanol–water partition coefficient (Wildman–Crippen LogP) is 2.91. The minimum atomic E-state index is 0. The topological polar surface area (TPSA) is 36.4 Å². The van der Waals surface area contributed by atoms with Gasteiger partial charge in [0.1, 0.15) is 0 Å². The first-order chi connectivity index (χ1) is 8.70. The summed E-state index contributed by atoms with van der Waals surface area (Å²) in [5, 5.41) is 6.63. The van der Waals surface area contributed by atoms with Gasteiger partial charge in [0, 0.05) is 25.0 Å². The number of nitrogens with zero attached hydrogens (tertiary/aromatic N) is 1. The van der Waals surface area contributed by atoms with Crippen molar-refractivity contribution < 1.29 is 0 Å². The maximum atomic E-state index is 4.67. The highest BCUT2D eigenvalue weighted by atomic mass is 127. The molecule has 19 heavy (non-hydrogen) atoms. The Hall–Kier alpha value is -0.780. The molecule has 106 valence electrons. The van der Waals surface area contributed by atoms with E-state index in [9.17, 15) is 0 Å². The van der Waals surface area contributed by atoms with Crippen molar-refractivity contribution in [2.45, 2.75) is 39.2 Å². The van der Waals surface area contributed by atoms with E-state index in [1.165, 1.54) is 17.5 Å². The van der Waals surface area contributed by atoms with Gasteiger partial charge in [-0.2, -0.15) is 0 Å². The van der Waals surface area contributed by atoms with E-state index in [4.69, 9.17) is 0 Å². The molecule has 1 aromatic rings. The van der Waals surface area contributed by atoms with Crippen LogP contribution >= 0.6 is 24.0 Å². The molecule has 0 spiro atoms. The quantitative estimate of drug-likeness (QED) is 0.484. The zero-order valence-electron chi connectivity index (χ0n) is 11.9. The number of rotatable bonds is 4. The predicted molar refractivity (Wildman–Crippen MR) is 92.6 cm³/mol. The van der Waals surface area contributed by atoms with Crippen LogP contribution in [0.5, 0.6) is 0 Å². The number of fused-ring (bicyclic) bond motifs is 1. The van der Waals surface area contributed by atoms with Crippen LogP contribution in [0.4, 0.5) is 0 Å². The standard InChI is InChI=1S/C15H23N3.HI/c1-4-16-15(18-11(2)3)17-10-13-9-12-7-5-6-8-14(12)13;/h5-8,11,13H,4,9-10H2,1-3H3,(H2,16,17,18);1H. The Labute approximate surface area is 133 Å². The highest BCUT2D eigenvalue weighted by Crippen LogP contribution is 2.34. The molecule has 0 radical (unpaired) electrons. The summed E-state index contributed by atoms with van der Waals surface area (Å²) in [7, 11) is 0. The molecule has 1 aromatic carbocycles. The summed E-state index contributed by atoms with van der Waals surface area (Å²) in [4.78, 5) is 4.67. The van der Waals surface area contributed by atoms with Crippen LogP contribution in [0.3, 0.4) is 0 Å². The first-order valence-electron chi connectivity index (χ1n) is 6.83. The highest BCUT2D eigenvalue weighted by Gasteiger charge is 2.24. The lowest BCUT2D eigenvalue weighted by Gasteiger charge is -2.29. The molecule has 1 aliphatic carbocycles. The van der Waals surface area contributed by atoms with Crippen molar-refractivity contribution in [3.63, 3.8) is 0 Å². The minimum Gasteiger partial charge on any atom is -0.357 e. The summed E-state index contributed by atoms with van der Waals surface area (Å²) < 4.78 is 0. The van der Waals surface area contributed by atoms with E-state index in [1.807, 2.05) is 0 Å². The molecule has 0 aromatic heterocycles. The molecule has 2 N–H and O–H groups in total. The maximum absolute atomic E-state index is 4.67. The van der Waals surface area contributed by atoms with E-state index in [2.05, 4.69) is 60.7 Å². The Balaban J connectivity index is 0.00000180. The van der Waals surface area contributed by atoms with Gasteiger partial charge in [-0.1, -0.05) is 24.3 Å². The van der Waals surface area contributed by atoms with Gasteiger partial charge in [0.25, 0.3) is 0 Å². The van der Waals surface area contributed by atoms with Gasteiger partial charge in [0.2, 0.25) is 0 Å². The van der Waals surface area contributed by atoms with Crippen molar-refractivity contribution >= 4 is 29.9 Å². The van der Waals surface area contributed by atoms with Crippen molar-refractivity contribution in [2.75, 3.05) is 13.1 Å². The molecule has 0 amide bonds. The van der Waals surface area contributed by atoms with Crippen LogP contribution in [0.15, 0.2) is 29.3 Å². The molecular weight excluding hydrogens is 349 g/mol. The minimum absolute atomic E-state index is 0. The fourth-order valence-electron chi connectivity index (χ4n) is 2.32. The number of halogens is 1. The lowest BCUT2D eigenvalue weighted by molar-refractivity contribution is 0.611. The lowest BCUT2D eigenvalue weighted by Crippen LogP contribution is -2.41. The van der Waals surface area contributed by atoms with Crippen LogP contribution in [0.25, 0.3) is 0 Å². The van der Waals surface area contributed by atoms with E-state index in [0.29, 0.717) is 12.0 Å². The zero-order chi connectivity index (χ0) is 13.0. The monoisotopic (exact) mass is 373 g/mol. The lowest BCUT2D eigenvalue weighted by atomic mass is 9.78. The van der Waals surface area contributed by atoms with Gasteiger partial charge < -0.3 is 10.6 Å². The number of guanidine groups is 1. The molecule has 0 fully saturated rings. The summed E-state index contributed by atoms with van der Waals surface area (Å²) in [6.07, 6.45) is 1.17. The molecule has 1 unspecified atom stereocenters. The van der Waals surface area contributed by atoms with Gasteiger partial charge in [-0.25, -0.2) is 0 Å². The zero-order valence-corrected chi connectivity index (χ0v) is 14.3. The van der Waals surface area contributed by atoms with Crippen molar-refractivity contribution in [3.05, 3.63) is 35.4 Å². The van der Waals surface area contributed by atoms with Crippen molar-refractivity contribution in [2.24, 2.45) is 4.99 Å². The third-order valence-corrected chi connectivity index (χ3v) is 3.20. The van der Waals surface area contributed by atoms with Gasteiger partial charge in [0.15, 0.2) is 5.96 Å². The Morgan fingerprint density at radius 1 is 1.37 bits per heavy atom. The van der Waals surface area contributed by atoms with E-state index in [1.54, 1.807) is 0 Å². The maximum Gasteiger partial charge on any atom is 0.191 e. The summed E-state index contributed by atoms with van der Waals surface area (Å²) in [5.74, 6) is 1.53. The average molecular weight is 373 g/mol. The molecule has 0 bridgehead atoms. The second-order valence-corrected chi connectivity index (χ2v) is 5.12. The second kappa shape index (κ2) is 7.72. The summed E-state index contributed by atoms with van der Waals surface area (Å²) in [6, 6.07) is 9.08. The third-order valence-electron chi connectivity index (χ3n) is 3.20. The van der Waals surface area contributed by atoms with Crippen LogP contribution in [-0.2, 0) is 6.42 Å². The van der Waals surface area contributed by atoms with E-state index < -0.39 is 0 Å². The molecule has 2 rings (SSSR count). The summed E-state index contributed by atoms with van der Waals surface area (Å²) in [5.41, 5.74) is 2.96. The van der Waals surface area contributed by atoms with Gasteiger partial charge in [-0.3, -0.25) is 4.99 Å². The average Bonchev–Trinajstić information content (AvgIpc) is 2.29. The highest BCUT2D eigenvalue weighted by molar-refractivity contribution is 14.0. The largest absolute Gasteiger partial charge is 0.357 e. The van der Waals surface area contributed by atoms with E-state index >= 15 is 0 Å². The molecule has 0 saturated carbocycles. The van der Waals surface area contributed by atoms with Crippen molar-refractivity contribution in [3.8, 4) is 0 Å². The van der Waals surface area contributed by atoms with Crippen LogP contribution in [-0.4, -0.2) is 25.1 Å². The molecule has 3 nitrogen and oxygen atoms in total. The molecule has 0 heterocycles. The molecule has 1 atom stereocenters. The Bertz CT molecular complexity index is 429. The first-order valence-corrected chi connectivity index (χ1v) is 6.83. The van der Waals surface area contributed by atoms with Gasteiger partial charge in [-0.15, -0.1) is 24.0 Å². The second-order valence-electron chi connectivity index (χ2n) is 5.12. The van der Waals surface area contributed by atoms with Crippen LogP contribution < -0.4 is 10.6 Å². The van der Waals surface area contributed by atoms with Gasteiger partial charge >= 0.3 is 0 Å². The third kappa shape index (κ3) is 4.37. The Morgan fingerprint density at radius 3 is 2.74 bits per heavy atom. The first kappa shape index (κ1) is 16.3. The number of hydrogen-bond acceptors (Lipinski definition) is 1. The van der Waals surface area contributed by atoms with Gasteiger partial charge in [0.05, 0.1) is 0 Å². The number of hydrogen-bond donors (Lipinski definition) is 2. The smallest absolute Gasteiger partial charge is 0.191 e. The fraction of sp³-hybridized carbons (Fsp3) is 0.533. The molecule has 1 aliphatic rings. The fourth-order valence-corrected chi connectivity index (χ4v) is 2.32. The van der Waals surface area contributed by atoms with E-state index in [0.717, 1.165) is 19.0 Å². The van der Waals surface area contributed by atoms with Crippen LogP contribution in [0.2, 0.25) is 0 Å². The van der Waals surface area contributed by atoms with Crippen LogP contribution in [0.1, 0.15) is 37.8 Å². The van der Waals surface area contributed by atoms with Crippen molar-refractivity contribution in [1.82, 2.24) is 10.6 Å². The number of aliphatic imine (C=N–C) groups is 1. The Morgan fingerprint density at radius 2 is 2.11 bits per heavy atom. The number of benzene rings is 1. The van der Waals surface area contributed by atoms with Crippen LogP contribution in [0, 0.1) is 0 Å². The SMILES string of the molecule is CCNC(=NCC1Cc2ccccc21)NC(C)C.I. The van der Waals surface area contributed by atoms with Crippen molar-refractivity contribution in [1.29, 1.82) is 0 Å². The number of nitrogens with one attached hydrogen (secondary N) is 2. The molecular formula is C15H24IN3. The summed E-state index contributed by atoms with van der Waals surface area (Å²) in [6.45, 7) is 8.13. The van der Waals surface area contributed by atoms with Gasteiger partial charge in [-0.05, 0) is 38.3 Å². The molecule has 0 aliphatic heterocycles. The van der Waals surface area contributed by atoms with E-state index in [-0.39, 0.29) is 24.0 Å². The summed E-state index contributed by atoms with van der Waals surface area (Å²) >= 11 is 0. The normalized spacial score (nSPS) is 17.3.